The van der Waals surface area contributed by atoms with Gasteiger partial charge in [-0.1, -0.05) is 64.2 Å². The van der Waals surface area contributed by atoms with E-state index < -0.39 is 5.97 Å². The van der Waals surface area contributed by atoms with Gasteiger partial charge in [0.1, 0.15) is 0 Å². The lowest BCUT2D eigenvalue weighted by atomic mass is 9.72. The molecule has 0 radical (unpaired) electrons. The Kier molecular flexibility index (Phi) is 10.2. The van der Waals surface area contributed by atoms with Crippen LogP contribution >= 0.6 is 0 Å². The number of benzene rings is 2. The second kappa shape index (κ2) is 15.1. The molecule has 52 heavy (non-hydrogen) atoms. The van der Waals surface area contributed by atoms with E-state index in [9.17, 15) is 19.5 Å². The van der Waals surface area contributed by atoms with Gasteiger partial charge in [-0.25, -0.2) is 4.79 Å². The van der Waals surface area contributed by atoms with Gasteiger partial charge in [-0.05, 0) is 123 Å². The van der Waals surface area contributed by atoms with Gasteiger partial charge >= 0.3 is 5.97 Å². The molecule has 5 aliphatic rings. The van der Waals surface area contributed by atoms with Crippen LogP contribution in [-0.4, -0.2) is 57.4 Å². The molecule has 4 aromatic rings. The highest BCUT2D eigenvalue weighted by atomic mass is 16.4. The third-order valence-electron chi connectivity index (χ3n) is 13.2. The maximum absolute atomic E-state index is 13.0. The summed E-state index contributed by atoms with van der Waals surface area (Å²) in [6, 6.07) is 11.8. The zero-order chi connectivity index (χ0) is 35.8. The number of nitrogens with one attached hydrogen (secondary N) is 3. The number of nitrogens with zero attached hydrogens (tertiary/aromatic N) is 1. The molecule has 276 valence electrons. The molecule has 2 amide bonds. The Hall–Kier alpha value is -4.07. The summed E-state index contributed by atoms with van der Waals surface area (Å²) >= 11 is 0. The molecule has 0 spiro atoms. The minimum Gasteiger partial charge on any atom is -0.478 e. The SMILES string of the molecule is CN(CC(=O)NC1CC1)C(=O)c1ccc2[nH]c3c(c2c1)CC(C1CCCCC1)CC3.O=C(O)c1ccc2[nH]c3c(c2c1)CC(C1CCCCC1)CC3. The quantitative estimate of drug-likeness (QED) is 0.154. The molecule has 0 bridgehead atoms. The molecule has 9 rings (SSSR count). The summed E-state index contributed by atoms with van der Waals surface area (Å²) in [5.74, 6) is 2.34. The third-order valence-corrected chi connectivity index (χ3v) is 13.2. The number of hydrogen-bond donors (Lipinski definition) is 4. The minimum absolute atomic E-state index is 0.0659. The standard InChI is InChI=1S/C25H33N3O2.C19H23NO2/c1-28(15-24(29)26-19-9-10-19)25(30)18-8-12-23-21(14-18)20-13-17(7-11-22(20)27-23)16-5-3-2-4-6-16;21-19(22)14-7-9-18-16(11-14)15-10-13(6-8-17(15)20-18)12-4-2-1-3-5-12/h8,12,14,16-17,19,27H,2-7,9-11,13,15H2,1H3,(H,26,29);7,9,11-13,20H,1-6,8,10H2,(H,21,22). The zero-order valence-corrected chi connectivity index (χ0v) is 30.9. The largest absolute Gasteiger partial charge is 0.478 e. The van der Waals surface area contributed by atoms with Gasteiger partial charge in [0.2, 0.25) is 5.91 Å². The Morgan fingerprint density at radius 2 is 1.17 bits per heavy atom. The second-order valence-corrected chi connectivity index (χ2v) is 16.8. The van der Waals surface area contributed by atoms with E-state index in [1.165, 1.54) is 110 Å². The first-order chi connectivity index (χ1) is 25.3. The van der Waals surface area contributed by atoms with Crippen LogP contribution in [0.5, 0.6) is 0 Å². The first kappa shape index (κ1) is 35.0. The molecule has 5 aliphatic carbocycles. The number of amides is 2. The predicted molar refractivity (Wildman–Crippen MR) is 206 cm³/mol. The van der Waals surface area contributed by atoms with E-state index in [-0.39, 0.29) is 18.4 Å². The maximum Gasteiger partial charge on any atom is 0.335 e. The number of aromatic nitrogens is 2. The van der Waals surface area contributed by atoms with Crippen molar-refractivity contribution in [3.8, 4) is 0 Å². The fourth-order valence-electron chi connectivity index (χ4n) is 10.2. The fourth-order valence-corrected chi connectivity index (χ4v) is 10.2. The zero-order valence-electron chi connectivity index (χ0n) is 30.9. The van der Waals surface area contributed by atoms with Crippen molar-refractivity contribution >= 4 is 39.6 Å². The van der Waals surface area contributed by atoms with E-state index in [2.05, 4.69) is 15.3 Å². The number of fused-ring (bicyclic) bond motifs is 6. The van der Waals surface area contributed by atoms with Crippen LogP contribution in [0.2, 0.25) is 0 Å². The van der Waals surface area contributed by atoms with Gasteiger partial charge in [0.05, 0.1) is 12.1 Å². The van der Waals surface area contributed by atoms with E-state index in [0.29, 0.717) is 17.2 Å². The van der Waals surface area contributed by atoms with Gasteiger partial charge in [0.15, 0.2) is 0 Å². The van der Waals surface area contributed by atoms with Crippen molar-refractivity contribution in [2.45, 2.75) is 122 Å². The summed E-state index contributed by atoms with van der Waals surface area (Å²) in [6.07, 6.45) is 23.1. The number of aromatic amines is 2. The molecule has 2 heterocycles. The van der Waals surface area contributed by atoms with Crippen molar-refractivity contribution in [3.63, 3.8) is 0 Å². The van der Waals surface area contributed by atoms with E-state index in [1.807, 2.05) is 30.3 Å². The average molecular weight is 705 g/mol. The summed E-state index contributed by atoms with van der Waals surface area (Å²) in [5.41, 5.74) is 8.81. The molecule has 8 nitrogen and oxygen atoms in total. The topological polar surface area (TPSA) is 118 Å². The Morgan fingerprint density at radius 3 is 1.67 bits per heavy atom. The normalized spacial score (nSPS) is 22.2. The number of carboxylic acids is 1. The van der Waals surface area contributed by atoms with Crippen molar-refractivity contribution in [1.82, 2.24) is 20.2 Å². The monoisotopic (exact) mass is 704 g/mol. The lowest BCUT2D eigenvalue weighted by molar-refractivity contribution is -0.121. The van der Waals surface area contributed by atoms with Gasteiger partial charge in [0.25, 0.3) is 5.91 Å². The number of rotatable bonds is 7. The maximum atomic E-state index is 13.0. The van der Waals surface area contributed by atoms with Crippen molar-refractivity contribution in [2.75, 3.05) is 13.6 Å². The number of hydrogen-bond acceptors (Lipinski definition) is 3. The van der Waals surface area contributed by atoms with Gasteiger partial charge < -0.3 is 25.3 Å². The third kappa shape index (κ3) is 7.53. The summed E-state index contributed by atoms with van der Waals surface area (Å²) < 4.78 is 0. The van der Waals surface area contributed by atoms with E-state index in [0.717, 1.165) is 78.6 Å². The van der Waals surface area contributed by atoms with Gasteiger partial charge in [-0.15, -0.1) is 0 Å². The number of carbonyl (C=O) groups excluding carboxylic acids is 2. The van der Waals surface area contributed by atoms with E-state index >= 15 is 0 Å². The van der Waals surface area contributed by atoms with Crippen molar-refractivity contribution in [1.29, 1.82) is 0 Å². The van der Waals surface area contributed by atoms with Gasteiger partial charge in [-0.2, -0.15) is 0 Å². The summed E-state index contributed by atoms with van der Waals surface area (Å²) in [6.45, 7) is 0.113. The Balaban J connectivity index is 0.000000156. The molecule has 2 aromatic carbocycles. The van der Waals surface area contributed by atoms with Crippen LogP contribution in [0.4, 0.5) is 0 Å². The number of likely N-dealkylation sites (N-methyl/N-ethyl adjacent to an activating group) is 1. The molecule has 0 saturated heterocycles. The molecular formula is C44H56N4O4. The van der Waals surface area contributed by atoms with Gasteiger partial charge in [0, 0.05) is 51.8 Å². The predicted octanol–water partition coefficient (Wildman–Crippen LogP) is 8.76. The van der Waals surface area contributed by atoms with Crippen LogP contribution in [0.1, 0.15) is 133 Å². The molecule has 2 atom stereocenters. The summed E-state index contributed by atoms with van der Waals surface area (Å²) in [7, 11) is 1.71. The highest BCUT2D eigenvalue weighted by molar-refractivity contribution is 6.00. The Morgan fingerprint density at radius 1 is 0.673 bits per heavy atom. The van der Waals surface area contributed by atoms with Crippen LogP contribution < -0.4 is 5.32 Å². The van der Waals surface area contributed by atoms with Crippen molar-refractivity contribution < 1.29 is 19.5 Å². The number of aryl methyl sites for hydroxylation is 2. The lowest BCUT2D eigenvalue weighted by Crippen LogP contribution is -2.39. The van der Waals surface area contributed by atoms with Crippen LogP contribution in [0.15, 0.2) is 36.4 Å². The van der Waals surface area contributed by atoms with E-state index in [4.69, 9.17) is 0 Å². The molecule has 3 fully saturated rings. The molecule has 8 heteroatoms. The van der Waals surface area contributed by atoms with Crippen LogP contribution in [0, 0.1) is 23.7 Å². The number of carbonyl (C=O) groups is 3. The molecule has 2 aromatic heterocycles. The minimum atomic E-state index is -0.837. The smallest absolute Gasteiger partial charge is 0.335 e. The molecule has 3 saturated carbocycles. The fraction of sp³-hybridized carbons (Fsp3) is 0.568. The second-order valence-electron chi connectivity index (χ2n) is 16.8. The van der Waals surface area contributed by atoms with Crippen LogP contribution in [-0.2, 0) is 30.5 Å². The Bertz CT molecular complexity index is 1940. The number of carboxylic acid groups (broad SMARTS) is 1. The van der Waals surface area contributed by atoms with E-state index in [1.54, 1.807) is 13.1 Å². The highest BCUT2D eigenvalue weighted by Crippen LogP contribution is 2.41. The number of H-pyrrole nitrogens is 2. The molecule has 4 N–H and O–H groups in total. The highest BCUT2D eigenvalue weighted by Gasteiger charge is 2.31. The Labute approximate surface area is 307 Å². The van der Waals surface area contributed by atoms with Crippen LogP contribution in [0.25, 0.3) is 21.8 Å². The van der Waals surface area contributed by atoms with Crippen LogP contribution in [0.3, 0.4) is 0 Å². The number of aromatic carboxylic acids is 1. The molecule has 0 aliphatic heterocycles. The van der Waals surface area contributed by atoms with Crippen molar-refractivity contribution in [3.05, 3.63) is 70.0 Å². The molecule has 2 unspecified atom stereocenters. The first-order valence-electron chi connectivity index (χ1n) is 20.4. The van der Waals surface area contributed by atoms with Crippen molar-refractivity contribution in [2.24, 2.45) is 23.7 Å². The summed E-state index contributed by atoms with van der Waals surface area (Å²) in [5, 5.41) is 14.5. The lowest BCUT2D eigenvalue weighted by Gasteiger charge is -2.33. The summed E-state index contributed by atoms with van der Waals surface area (Å²) in [4.78, 5) is 44.9. The first-order valence-corrected chi connectivity index (χ1v) is 20.4. The average Bonchev–Trinajstić information content (AvgIpc) is 3.80. The van der Waals surface area contributed by atoms with Gasteiger partial charge in [-0.3, -0.25) is 9.59 Å². The molecular weight excluding hydrogens is 649 g/mol.